The number of nitrogens with one attached hydrogen (secondary N) is 1. The van der Waals surface area contributed by atoms with E-state index in [2.05, 4.69) is 4.74 Å². The summed E-state index contributed by atoms with van der Waals surface area (Å²) in [7, 11) is -4.54. The van der Waals surface area contributed by atoms with Crippen LogP contribution in [0.3, 0.4) is 0 Å². The van der Waals surface area contributed by atoms with Crippen molar-refractivity contribution in [2.45, 2.75) is 17.9 Å². The van der Waals surface area contributed by atoms with Crippen molar-refractivity contribution in [3.05, 3.63) is 29.8 Å². The summed E-state index contributed by atoms with van der Waals surface area (Å²) in [6.07, 6.45) is -1.06. The van der Waals surface area contributed by atoms with E-state index < -0.39 is 45.2 Å². The normalized spacial score (nSPS) is 12.5. The number of rotatable bonds is 5. The van der Waals surface area contributed by atoms with E-state index in [1.807, 2.05) is 0 Å². The van der Waals surface area contributed by atoms with Gasteiger partial charge in [-0.05, 0) is 19.1 Å². The molecule has 0 aliphatic carbocycles. The summed E-state index contributed by atoms with van der Waals surface area (Å²) in [5.74, 6) is -3.60. The number of benzene rings is 1. The molecule has 0 spiro atoms. The summed E-state index contributed by atoms with van der Waals surface area (Å²) in [5.41, 5.74) is 0. The van der Waals surface area contributed by atoms with Crippen LogP contribution in [-0.2, 0) is 19.6 Å². The molecule has 0 aliphatic rings. The molecule has 0 radical (unpaired) electrons. The van der Waals surface area contributed by atoms with Gasteiger partial charge in [-0.1, -0.05) is 6.07 Å². The molecule has 1 aromatic carbocycles. The van der Waals surface area contributed by atoms with E-state index in [1.165, 1.54) is 6.92 Å². The van der Waals surface area contributed by atoms with Gasteiger partial charge in [0.25, 0.3) is 0 Å². The molecule has 9 heteroatoms. The van der Waals surface area contributed by atoms with Crippen molar-refractivity contribution in [2.75, 3.05) is 6.54 Å². The second-order valence-corrected chi connectivity index (χ2v) is 5.34. The minimum Gasteiger partial charge on any atom is -0.446 e. The van der Waals surface area contributed by atoms with Crippen molar-refractivity contribution in [3.8, 4) is 6.07 Å². The van der Waals surface area contributed by atoms with E-state index in [9.17, 15) is 22.0 Å². The lowest BCUT2D eigenvalue weighted by atomic mass is 10.3. The molecular weight excluding hydrogens is 294 g/mol. The molecule has 20 heavy (non-hydrogen) atoms. The highest BCUT2D eigenvalue weighted by Gasteiger charge is 2.24. The van der Waals surface area contributed by atoms with Crippen molar-refractivity contribution in [2.24, 2.45) is 0 Å². The summed E-state index contributed by atoms with van der Waals surface area (Å²) in [6, 6.07) is 4.15. The first-order chi connectivity index (χ1) is 9.27. The smallest absolute Gasteiger partial charge is 0.322 e. The molecule has 0 aliphatic heterocycles. The van der Waals surface area contributed by atoms with Gasteiger partial charge < -0.3 is 4.74 Å². The topological polar surface area (TPSA) is 96.3 Å². The number of sulfonamides is 1. The van der Waals surface area contributed by atoms with Crippen LogP contribution in [0.15, 0.2) is 23.1 Å². The first-order valence-corrected chi connectivity index (χ1v) is 6.79. The highest BCUT2D eigenvalue weighted by molar-refractivity contribution is 7.89. The highest BCUT2D eigenvalue weighted by Crippen LogP contribution is 2.17. The molecule has 108 valence electrons. The quantitative estimate of drug-likeness (QED) is 0.808. The minimum absolute atomic E-state index is 0.772. The number of ether oxygens (including phenoxy) is 1. The Kier molecular flexibility index (Phi) is 5.12. The monoisotopic (exact) mass is 304 g/mol. The van der Waals surface area contributed by atoms with E-state index >= 15 is 0 Å². The van der Waals surface area contributed by atoms with E-state index in [0.717, 1.165) is 18.2 Å². The zero-order valence-electron chi connectivity index (χ0n) is 10.3. The standard InChI is InChI=1S/C11H10F2N2O4S/c1-7(5-14)19-10(16)6-15-20(17,18)11-8(12)3-2-4-9(11)13/h2-4,7,15H,6H2,1H3/t7-/m1/s1. The Labute approximate surface area is 114 Å². The summed E-state index contributed by atoms with van der Waals surface area (Å²) in [4.78, 5) is 9.99. The summed E-state index contributed by atoms with van der Waals surface area (Å²) >= 11 is 0. The van der Waals surface area contributed by atoms with Gasteiger partial charge in [-0.25, -0.2) is 17.2 Å². The highest BCUT2D eigenvalue weighted by atomic mass is 32.2. The number of nitrogens with zero attached hydrogens (tertiary/aromatic N) is 1. The lowest BCUT2D eigenvalue weighted by Gasteiger charge is -2.09. The number of esters is 1. The van der Waals surface area contributed by atoms with Crippen molar-refractivity contribution in [3.63, 3.8) is 0 Å². The number of halogens is 2. The molecular formula is C11H10F2N2O4S. The number of hydrogen-bond acceptors (Lipinski definition) is 5. The maximum absolute atomic E-state index is 13.3. The predicted octanol–water partition coefficient (Wildman–Crippen LogP) is 0.698. The van der Waals surface area contributed by atoms with E-state index in [-0.39, 0.29) is 0 Å². The van der Waals surface area contributed by atoms with Crippen LogP contribution in [0.2, 0.25) is 0 Å². The lowest BCUT2D eigenvalue weighted by molar-refractivity contribution is -0.144. The molecule has 1 N–H and O–H groups in total. The first kappa shape index (κ1) is 16.0. The maximum Gasteiger partial charge on any atom is 0.322 e. The first-order valence-electron chi connectivity index (χ1n) is 5.30. The van der Waals surface area contributed by atoms with Crippen LogP contribution in [0.1, 0.15) is 6.92 Å². The van der Waals surface area contributed by atoms with Gasteiger partial charge in [-0.2, -0.15) is 9.98 Å². The Morgan fingerprint density at radius 3 is 2.50 bits per heavy atom. The molecule has 0 fully saturated rings. The third-order valence-corrected chi connectivity index (χ3v) is 3.54. The fourth-order valence-corrected chi connectivity index (χ4v) is 2.33. The molecule has 1 atom stereocenters. The fourth-order valence-electron chi connectivity index (χ4n) is 1.23. The molecule has 0 aromatic heterocycles. The Morgan fingerprint density at radius 2 is 2.00 bits per heavy atom. The van der Waals surface area contributed by atoms with Crippen molar-refractivity contribution in [1.29, 1.82) is 5.26 Å². The predicted molar refractivity (Wildman–Crippen MR) is 62.7 cm³/mol. The second kappa shape index (κ2) is 6.40. The van der Waals surface area contributed by atoms with Gasteiger partial charge in [-0.15, -0.1) is 0 Å². The summed E-state index contributed by atoms with van der Waals surface area (Å²) in [6.45, 7) is 0.436. The number of carbonyl (C=O) groups is 1. The Balaban J connectivity index is 2.82. The van der Waals surface area contributed by atoms with Crippen molar-refractivity contribution in [1.82, 2.24) is 4.72 Å². The van der Waals surface area contributed by atoms with E-state index in [1.54, 1.807) is 10.8 Å². The van der Waals surface area contributed by atoms with Gasteiger partial charge in [-0.3, -0.25) is 4.79 Å². The van der Waals surface area contributed by atoms with Crippen LogP contribution in [-0.4, -0.2) is 27.0 Å². The third kappa shape index (κ3) is 3.97. The van der Waals surface area contributed by atoms with Crippen molar-refractivity contribution < 1.29 is 26.7 Å². The molecule has 0 bridgehead atoms. The van der Waals surface area contributed by atoms with Crippen LogP contribution in [0.25, 0.3) is 0 Å². The van der Waals surface area contributed by atoms with Crippen LogP contribution in [0.5, 0.6) is 0 Å². The zero-order chi connectivity index (χ0) is 15.3. The molecule has 0 unspecified atom stereocenters. The van der Waals surface area contributed by atoms with Gasteiger partial charge >= 0.3 is 5.97 Å². The Bertz CT molecular complexity index is 635. The van der Waals surface area contributed by atoms with E-state index in [0.29, 0.717) is 0 Å². The molecule has 1 rings (SSSR count). The Morgan fingerprint density at radius 1 is 1.45 bits per heavy atom. The number of carbonyl (C=O) groups excluding carboxylic acids is 1. The second-order valence-electron chi connectivity index (χ2n) is 3.64. The number of hydrogen-bond donors (Lipinski definition) is 1. The zero-order valence-corrected chi connectivity index (χ0v) is 11.1. The van der Waals surface area contributed by atoms with E-state index in [4.69, 9.17) is 5.26 Å². The average Bonchev–Trinajstić information content (AvgIpc) is 2.36. The van der Waals surface area contributed by atoms with Gasteiger partial charge in [0, 0.05) is 0 Å². The molecule has 1 aromatic rings. The van der Waals surface area contributed by atoms with Gasteiger partial charge in [0.1, 0.15) is 24.2 Å². The summed E-state index contributed by atoms with van der Waals surface area (Å²) < 4.78 is 56.1. The maximum atomic E-state index is 13.3. The molecule has 0 amide bonds. The average molecular weight is 304 g/mol. The fraction of sp³-hybridized carbons (Fsp3) is 0.273. The van der Waals surface area contributed by atoms with Crippen LogP contribution in [0, 0.1) is 23.0 Å². The SMILES string of the molecule is C[C@H](C#N)OC(=O)CNS(=O)(=O)c1c(F)cccc1F. The Hall–Kier alpha value is -2.05. The summed E-state index contributed by atoms with van der Waals surface area (Å²) in [5, 5.41) is 8.40. The molecule has 0 saturated heterocycles. The van der Waals surface area contributed by atoms with Gasteiger partial charge in [0.05, 0.1) is 0 Å². The molecule has 6 nitrogen and oxygen atoms in total. The van der Waals surface area contributed by atoms with Crippen LogP contribution in [0.4, 0.5) is 8.78 Å². The molecule has 0 saturated carbocycles. The van der Waals surface area contributed by atoms with Crippen molar-refractivity contribution >= 4 is 16.0 Å². The van der Waals surface area contributed by atoms with Crippen LogP contribution < -0.4 is 4.72 Å². The molecule has 0 heterocycles. The van der Waals surface area contributed by atoms with Gasteiger partial charge in [0.15, 0.2) is 11.0 Å². The minimum atomic E-state index is -4.54. The van der Waals surface area contributed by atoms with Gasteiger partial charge in [0.2, 0.25) is 10.0 Å². The third-order valence-electron chi connectivity index (χ3n) is 2.08. The lowest BCUT2D eigenvalue weighted by Crippen LogP contribution is -2.33. The largest absolute Gasteiger partial charge is 0.446 e. The number of nitriles is 1. The van der Waals surface area contributed by atoms with Crippen LogP contribution >= 0.6 is 0 Å².